The van der Waals surface area contributed by atoms with Gasteiger partial charge in [-0.1, -0.05) is 12.1 Å². The molecule has 2 N–H and O–H groups in total. The molecule has 1 heterocycles. The third kappa shape index (κ3) is 4.04. The van der Waals surface area contributed by atoms with Crippen LogP contribution in [0, 0.1) is 17.0 Å². The fourth-order valence-corrected chi connectivity index (χ4v) is 3.51. The maximum atomic E-state index is 12.5. The minimum Gasteiger partial charge on any atom is -0.508 e. The third-order valence-electron chi connectivity index (χ3n) is 3.88. The Hall–Kier alpha value is -3.46. The van der Waals surface area contributed by atoms with Crippen molar-refractivity contribution in [3.05, 3.63) is 76.5 Å². The third-order valence-corrected chi connectivity index (χ3v) is 5.26. The summed E-state index contributed by atoms with van der Waals surface area (Å²) in [5.41, 5.74) is 2.02. The van der Waals surface area contributed by atoms with E-state index in [9.17, 15) is 23.6 Å². The average molecular weight is 385 g/mol. The highest BCUT2D eigenvalue weighted by Crippen LogP contribution is 2.27. The number of nitro groups is 1. The zero-order valence-corrected chi connectivity index (χ0v) is 15.0. The molecule has 0 saturated heterocycles. The molecule has 0 aliphatic rings. The minimum absolute atomic E-state index is 0.0126. The maximum Gasteiger partial charge on any atom is 0.287 e. The van der Waals surface area contributed by atoms with Crippen LogP contribution in [0.5, 0.6) is 5.75 Å². The second-order valence-corrected chi connectivity index (χ2v) is 7.47. The summed E-state index contributed by atoms with van der Waals surface area (Å²) in [6.45, 7) is 1.75. The van der Waals surface area contributed by atoms with Gasteiger partial charge in [0.15, 0.2) is 0 Å². The van der Waals surface area contributed by atoms with E-state index in [-0.39, 0.29) is 16.3 Å². The molecule has 9 heteroatoms. The number of aromatic hydroxyl groups is 1. The Morgan fingerprint density at radius 1 is 1.07 bits per heavy atom. The van der Waals surface area contributed by atoms with Crippen LogP contribution in [0.1, 0.15) is 5.56 Å². The second-order valence-electron chi connectivity index (χ2n) is 5.79. The van der Waals surface area contributed by atoms with Gasteiger partial charge in [-0.05, 0) is 48.9 Å². The molecular formula is C18H15N3O5S. The number of aromatic nitrogens is 1. The van der Waals surface area contributed by atoms with Crippen LogP contribution in [0.25, 0.3) is 11.3 Å². The quantitative estimate of drug-likeness (QED) is 0.512. The average Bonchev–Trinajstić information content (AvgIpc) is 2.64. The first-order valence-electron chi connectivity index (χ1n) is 7.79. The van der Waals surface area contributed by atoms with Gasteiger partial charge in [0.25, 0.3) is 15.7 Å². The number of benzene rings is 2. The van der Waals surface area contributed by atoms with Crippen LogP contribution in [0.4, 0.5) is 11.4 Å². The molecular weight excluding hydrogens is 370 g/mol. The van der Waals surface area contributed by atoms with Crippen LogP contribution >= 0.6 is 0 Å². The number of nitrogens with zero attached hydrogens (tertiary/aromatic N) is 2. The van der Waals surface area contributed by atoms with E-state index in [4.69, 9.17) is 0 Å². The Morgan fingerprint density at radius 3 is 2.37 bits per heavy atom. The Bertz CT molecular complexity index is 1090. The number of pyridine rings is 1. The molecule has 2 aromatic carbocycles. The smallest absolute Gasteiger partial charge is 0.287 e. The predicted molar refractivity (Wildman–Crippen MR) is 100.0 cm³/mol. The van der Waals surface area contributed by atoms with Crippen LogP contribution < -0.4 is 4.72 Å². The van der Waals surface area contributed by atoms with Crippen molar-refractivity contribution in [1.82, 2.24) is 4.98 Å². The normalized spacial score (nSPS) is 11.1. The molecule has 27 heavy (non-hydrogen) atoms. The zero-order valence-electron chi connectivity index (χ0n) is 14.2. The lowest BCUT2D eigenvalue weighted by atomic mass is 10.1. The first-order chi connectivity index (χ1) is 12.8. The van der Waals surface area contributed by atoms with E-state index in [1.807, 2.05) is 0 Å². The van der Waals surface area contributed by atoms with Gasteiger partial charge in [0.05, 0.1) is 21.2 Å². The summed E-state index contributed by atoms with van der Waals surface area (Å²) in [6.07, 6.45) is 1.15. The summed E-state index contributed by atoms with van der Waals surface area (Å²) in [6, 6.07) is 13.1. The van der Waals surface area contributed by atoms with Crippen LogP contribution in [0.15, 0.2) is 65.7 Å². The number of phenols is 1. The van der Waals surface area contributed by atoms with Gasteiger partial charge in [-0.15, -0.1) is 0 Å². The van der Waals surface area contributed by atoms with Crippen molar-refractivity contribution in [3.63, 3.8) is 0 Å². The predicted octanol–water partition coefficient (Wildman–Crippen LogP) is 3.47. The lowest BCUT2D eigenvalue weighted by Crippen LogP contribution is -2.13. The molecule has 0 radical (unpaired) electrons. The molecule has 3 aromatic rings. The van der Waals surface area contributed by atoms with Crippen LogP contribution in [0.3, 0.4) is 0 Å². The highest BCUT2D eigenvalue weighted by atomic mass is 32.2. The first-order valence-corrected chi connectivity index (χ1v) is 9.28. The van der Waals surface area contributed by atoms with Crippen LogP contribution in [-0.2, 0) is 10.0 Å². The lowest BCUT2D eigenvalue weighted by molar-refractivity contribution is -0.385. The van der Waals surface area contributed by atoms with Crippen molar-refractivity contribution in [3.8, 4) is 17.0 Å². The maximum absolute atomic E-state index is 12.5. The molecule has 0 bridgehead atoms. The van der Waals surface area contributed by atoms with Crippen molar-refractivity contribution >= 4 is 21.4 Å². The number of sulfonamides is 1. The van der Waals surface area contributed by atoms with Crippen LogP contribution in [0.2, 0.25) is 0 Å². The number of hydrogen-bond acceptors (Lipinski definition) is 6. The summed E-state index contributed by atoms with van der Waals surface area (Å²) in [7, 11) is -3.84. The van der Waals surface area contributed by atoms with Gasteiger partial charge in [-0.2, -0.15) is 0 Å². The SMILES string of the molecule is Cc1ccc(-c2ccc([N+](=O)[O-])cn2)cc1NS(=O)(=O)c1ccc(O)cc1. The number of anilines is 1. The van der Waals surface area contributed by atoms with E-state index in [0.29, 0.717) is 22.5 Å². The highest BCUT2D eigenvalue weighted by molar-refractivity contribution is 7.92. The van der Waals surface area contributed by atoms with E-state index in [1.165, 1.54) is 36.4 Å². The number of hydrogen-bond donors (Lipinski definition) is 2. The number of rotatable bonds is 5. The van der Waals surface area contributed by atoms with Gasteiger partial charge in [0, 0.05) is 11.6 Å². The molecule has 0 fully saturated rings. The molecule has 0 atom stereocenters. The van der Waals surface area contributed by atoms with E-state index < -0.39 is 14.9 Å². The number of phenolic OH excluding ortho intramolecular Hbond substituents is 1. The fourth-order valence-electron chi connectivity index (χ4n) is 2.39. The summed E-state index contributed by atoms with van der Waals surface area (Å²) in [5.74, 6) is -0.0311. The van der Waals surface area contributed by atoms with E-state index in [2.05, 4.69) is 9.71 Å². The zero-order chi connectivity index (χ0) is 19.6. The minimum atomic E-state index is -3.84. The van der Waals surface area contributed by atoms with E-state index in [0.717, 1.165) is 6.20 Å². The number of aryl methyl sites for hydroxylation is 1. The van der Waals surface area contributed by atoms with Crippen LogP contribution in [-0.4, -0.2) is 23.4 Å². The largest absolute Gasteiger partial charge is 0.508 e. The van der Waals surface area contributed by atoms with Gasteiger partial charge >= 0.3 is 0 Å². The molecule has 0 aliphatic heterocycles. The Labute approximate surface area is 155 Å². The van der Waals surface area contributed by atoms with Gasteiger partial charge < -0.3 is 5.11 Å². The van der Waals surface area contributed by atoms with Gasteiger partial charge in [-0.3, -0.25) is 14.8 Å². The molecule has 1 aromatic heterocycles. The van der Waals surface area contributed by atoms with Gasteiger partial charge in [0.1, 0.15) is 11.9 Å². The molecule has 8 nitrogen and oxygen atoms in total. The molecule has 0 unspecified atom stereocenters. The Kier molecular flexibility index (Phi) is 4.78. The molecule has 0 spiro atoms. The summed E-state index contributed by atoms with van der Waals surface area (Å²) >= 11 is 0. The van der Waals surface area contributed by atoms with Crippen molar-refractivity contribution in [2.24, 2.45) is 0 Å². The standard InChI is InChI=1S/C18H15N3O5S/c1-12-2-3-13(17-9-4-14(11-19-17)21(23)24)10-18(12)20-27(25,26)16-7-5-15(22)6-8-16/h2-11,20,22H,1H3. The summed E-state index contributed by atoms with van der Waals surface area (Å²) in [4.78, 5) is 14.3. The van der Waals surface area contributed by atoms with E-state index in [1.54, 1.807) is 25.1 Å². The monoisotopic (exact) mass is 385 g/mol. The van der Waals surface area contributed by atoms with Crippen molar-refractivity contribution in [2.45, 2.75) is 11.8 Å². The Balaban J connectivity index is 1.93. The molecule has 0 amide bonds. The first kappa shape index (κ1) is 18.3. The van der Waals surface area contributed by atoms with Crippen molar-refractivity contribution in [1.29, 1.82) is 0 Å². The van der Waals surface area contributed by atoms with Crippen molar-refractivity contribution in [2.75, 3.05) is 4.72 Å². The summed E-state index contributed by atoms with van der Waals surface area (Å²) in [5, 5.41) is 20.0. The number of nitrogens with one attached hydrogen (secondary N) is 1. The molecule has 0 saturated carbocycles. The van der Waals surface area contributed by atoms with Gasteiger partial charge in [0.2, 0.25) is 0 Å². The van der Waals surface area contributed by atoms with Crippen molar-refractivity contribution < 1.29 is 18.4 Å². The second kappa shape index (κ2) is 7.04. The topological polar surface area (TPSA) is 122 Å². The fraction of sp³-hybridized carbons (Fsp3) is 0.0556. The highest BCUT2D eigenvalue weighted by Gasteiger charge is 2.16. The summed E-state index contributed by atoms with van der Waals surface area (Å²) < 4.78 is 27.6. The Morgan fingerprint density at radius 2 is 1.78 bits per heavy atom. The van der Waals surface area contributed by atoms with E-state index >= 15 is 0 Å². The molecule has 3 rings (SSSR count). The molecule has 138 valence electrons. The van der Waals surface area contributed by atoms with Gasteiger partial charge in [-0.25, -0.2) is 13.4 Å². The lowest BCUT2D eigenvalue weighted by Gasteiger charge is -2.12. The molecule has 0 aliphatic carbocycles.